The van der Waals surface area contributed by atoms with Crippen molar-refractivity contribution in [3.05, 3.63) is 82.4 Å². The average molecular weight is 431 g/mol. The van der Waals surface area contributed by atoms with Gasteiger partial charge in [0.05, 0.1) is 0 Å². The Morgan fingerprint density at radius 2 is 1.72 bits per heavy atom. The lowest BCUT2D eigenvalue weighted by Gasteiger charge is -2.19. The van der Waals surface area contributed by atoms with Crippen molar-refractivity contribution in [2.45, 2.75) is 59.5 Å². The molecule has 0 unspecified atom stereocenters. The van der Waals surface area contributed by atoms with Gasteiger partial charge in [-0.25, -0.2) is 0 Å². The lowest BCUT2D eigenvalue weighted by molar-refractivity contribution is -0.131. The molecule has 0 spiro atoms. The molecule has 4 heteroatoms. The molecule has 0 atom stereocenters. The number of aryl methyl sites for hydroxylation is 1. The van der Waals surface area contributed by atoms with Crippen LogP contribution in [0.1, 0.15) is 60.9 Å². The summed E-state index contributed by atoms with van der Waals surface area (Å²) < 4.78 is 18.0. The fourth-order valence-corrected chi connectivity index (χ4v) is 4.27. The maximum Gasteiger partial charge on any atom is 0.308 e. The number of hydrogen-bond donors (Lipinski definition) is 0. The highest BCUT2D eigenvalue weighted by molar-refractivity contribution is 5.71. The van der Waals surface area contributed by atoms with E-state index in [1.807, 2.05) is 43.3 Å². The van der Waals surface area contributed by atoms with Crippen LogP contribution < -0.4 is 14.2 Å². The zero-order chi connectivity index (χ0) is 22.7. The first-order valence-corrected chi connectivity index (χ1v) is 11.2. The van der Waals surface area contributed by atoms with Crippen molar-refractivity contribution >= 4 is 5.97 Å². The monoisotopic (exact) mass is 430 g/mol. The van der Waals surface area contributed by atoms with Crippen molar-refractivity contribution in [1.82, 2.24) is 0 Å². The molecule has 0 aromatic heterocycles. The number of rotatable bonds is 7. The predicted octanol–water partition coefficient (Wildman–Crippen LogP) is 6.90. The van der Waals surface area contributed by atoms with Gasteiger partial charge in [0.15, 0.2) is 0 Å². The molecule has 0 N–H and O–H groups in total. The molecule has 32 heavy (non-hydrogen) atoms. The molecule has 0 saturated carbocycles. The highest BCUT2D eigenvalue weighted by Gasteiger charge is 2.24. The van der Waals surface area contributed by atoms with Gasteiger partial charge in [-0.1, -0.05) is 44.2 Å². The summed E-state index contributed by atoms with van der Waals surface area (Å²) in [6, 6.07) is 18.1. The molecule has 3 aromatic rings. The average Bonchev–Trinajstić information content (AvgIpc) is 3.26. The molecule has 0 amide bonds. The fourth-order valence-electron chi connectivity index (χ4n) is 4.27. The van der Waals surface area contributed by atoms with E-state index < -0.39 is 0 Å². The van der Waals surface area contributed by atoms with Crippen LogP contribution in [0.2, 0.25) is 0 Å². The smallest absolute Gasteiger partial charge is 0.308 e. The number of benzene rings is 3. The Morgan fingerprint density at radius 3 is 2.44 bits per heavy atom. The molecule has 0 saturated heterocycles. The minimum Gasteiger partial charge on any atom is -0.489 e. The summed E-state index contributed by atoms with van der Waals surface area (Å²) in [5.41, 5.74) is 5.47. The van der Waals surface area contributed by atoms with Crippen LogP contribution in [0.3, 0.4) is 0 Å². The van der Waals surface area contributed by atoms with E-state index in [9.17, 15) is 4.79 Å². The largest absolute Gasteiger partial charge is 0.489 e. The van der Waals surface area contributed by atoms with Gasteiger partial charge < -0.3 is 14.2 Å². The molecule has 3 aromatic carbocycles. The Kier molecular flexibility index (Phi) is 6.50. The van der Waals surface area contributed by atoms with Gasteiger partial charge in [-0.15, -0.1) is 0 Å². The maximum absolute atomic E-state index is 11.5. The van der Waals surface area contributed by atoms with Crippen molar-refractivity contribution in [3.63, 3.8) is 0 Å². The van der Waals surface area contributed by atoms with Gasteiger partial charge in [0.1, 0.15) is 29.6 Å². The predicted molar refractivity (Wildman–Crippen MR) is 126 cm³/mol. The van der Waals surface area contributed by atoms with E-state index >= 15 is 0 Å². The standard InChI is InChI=1S/C28H30O4/c1-18(2)25-16-22(13-14-26(25)30-17-21-9-6-5-7-10-21)32-28-19(3)15-27(31-20(4)29)23-11-8-12-24(23)28/h5-7,9-10,13-16,18H,8,11-12,17H2,1-4H3. The SMILES string of the molecule is CC(=O)Oc1cc(C)c(Oc2ccc(OCc3ccccc3)c(C(C)C)c2)c2c1CCC2. The van der Waals surface area contributed by atoms with Crippen LogP contribution in [-0.2, 0) is 24.2 Å². The number of ether oxygens (including phenoxy) is 3. The molecule has 4 nitrogen and oxygen atoms in total. The fraction of sp³-hybridized carbons (Fsp3) is 0.321. The molecule has 166 valence electrons. The van der Waals surface area contributed by atoms with Crippen molar-refractivity contribution in [3.8, 4) is 23.0 Å². The van der Waals surface area contributed by atoms with Gasteiger partial charge in [-0.2, -0.15) is 0 Å². The Bertz CT molecular complexity index is 1120. The van der Waals surface area contributed by atoms with Crippen LogP contribution in [0.4, 0.5) is 0 Å². The lowest BCUT2D eigenvalue weighted by atomic mass is 10.0. The van der Waals surface area contributed by atoms with E-state index in [0.29, 0.717) is 18.3 Å². The van der Waals surface area contributed by atoms with Crippen LogP contribution in [0.15, 0.2) is 54.6 Å². The van der Waals surface area contributed by atoms with Crippen molar-refractivity contribution in [2.24, 2.45) is 0 Å². The van der Waals surface area contributed by atoms with Crippen LogP contribution >= 0.6 is 0 Å². The van der Waals surface area contributed by atoms with E-state index in [2.05, 4.69) is 32.0 Å². The van der Waals surface area contributed by atoms with Gasteiger partial charge in [-0.3, -0.25) is 4.79 Å². The Morgan fingerprint density at radius 1 is 0.969 bits per heavy atom. The number of fused-ring (bicyclic) bond motifs is 1. The van der Waals surface area contributed by atoms with Crippen LogP contribution in [0.5, 0.6) is 23.0 Å². The zero-order valence-corrected chi connectivity index (χ0v) is 19.2. The summed E-state index contributed by atoms with van der Waals surface area (Å²) in [6.07, 6.45) is 2.86. The van der Waals surface area contributed by atoms with E-state index in [1.54, 1.807) is 0 Å². The third-order valence-electron chi connectivity index (χ3n) is 5.81. The van der Waals surface area contributed by atoms with E-state index in [1.165, 1.54) is 6.92 Å². The first kappa shape index (κ1) is 21.9. The maximum atomic E-state index is 11.5. The summed E-state index contributed by atoms with van der Waals surface area (Å²) in [7, 11) is 0. The van der Waals surface area contributed by atoms with Gasteiger partial charge in [-0.05, 0) is 67.5 Å². The second kappa shape index (κ2) is 9.47. The third kappa shape index (κ3) is 4.80. The van der Waals surface area contributed by atoms with E-state index in [0.717, 1.165) is 64.3 Å². The Labute approximate surface area is 190 Å². The molecule has 0 bridgehead atoms. The first-order valence-electron chi connectivity index (χ1n) is 11.2. The molecule has 0 aliphatic heterocycles. The van der Waals surface area contributed by atoms with Crippen LogP contribution in [0.25, 0.3) is 0 Å². The molecular formula is C28H30O4. The minimum absolute atomic E-state index is 0.292. The van der Waals surface area contributed by atoms with Gasteiger partial charge in [0.25, 0.3) is 0 Å². The molecule has 4 rings (SSSR count). The first-order chi connectivity index (χ1) is 15.4. The molecule has 0 radical (unpaired) electrons. The van der Waals surface area contributed by atoms with Crippen molar-refractivity contribution in [1.29, 1.82) is 0 Å². The summed E-state index contributed by atoms with van der Waals surface area (Å²) in [4.78, 5) is 11.5. The zero-order valence-electron chi connectivity index (χ0n) is 19.2. The second-order valence-corrected chi connectivity index (χ2v) is 8.66. The van der Waals surface area contributed by atoms with Crippen molar-refractivity contribution < 1.29 is 19.0 Å². The van der Waals surface area contributed by atoms with Gasteiger partial charge in [0, 0.05) is 23.6 Å². The topological polar surface area (TPSA) is 44.8 Å². The van der Waals surface area contributed by atoms with Gasteiger partial charge >= 0.3 is 5.97 Å². The van der Waals surface area contributed by atoms with Crippen LogP contribution in [0, 0.1) is 6.92 Å². The molecule has 1 aliphatic carbocycles. The Balaban J connectivity index is 1.60. The Hall–Kier alpha value is -3.27. The van der Waals surface area contributed by atoms with Crippen LogP contribution in [-0.4, -0.2) is 5.97 Å². The highest BCUT2D eigenvalue weighted by Crippen LogP contribution is 2.42. The van der Waals surface area contributed by atoms with E-state index in [-0.39, 0.29) is 5.97 Å². The summed E-state index contributed by atoms with van der Waals surface area (Å²) in [5.74, 6) is 3.22. The molecule has 0 heterocycles. The third-order valence-corrected chi connectivity index (χ3v) is 5.81. The van der Waals surface area contributed by atoms with Crippen molar-refractivity contribution in [2.75, 3.05) is 0 Å². The number of hydrogen-bond acceptors (Lipinski definition) is 4. The molecular weight excluding hydrogens is 400 g/mol. The summed E-state index contributed by atoms with van der Waals surface area (Å²) in [5, 5.41) is 0. The highest BCUT2D eigenvalue weighted by atomic mass is 16.5. The van der Waals surface area contributed by atoms with Gasteiger partial charge in [0.2, 0.25) is 0 Å². The molecule has 0 fully saturated rings. The lowest BCUT2D eigenvalue weighted by Crippen LogP contribution is -2.05. The second-order valence-electron chi connectivity index (χ2n) is 8.66. The quantitative estimate of drug-likeness (QED) is 0.302. The number of carbonyl (C=O) groups is 1. The summed E-state index contributed by atoms with van der Waals surface area (Å²) in [6.45, 7) is 8.29. The number of carbonyl (C=O) groups excluding carboxylic acids is 1. The number of esters is 1. The summed E-state index contributed by atoms with van der Waals surface area (Å²) >= 11 is 0. The normalized spacial score (nSPS) is 12.5. The minimum atomic E-state index is -0.292. The van der Waals surface area contributed by atoms with E-state index in [4.69, 9.17) is 14.2 Å². The molecule has 1 aliphatic rings.